The topological polar surface area (TPSA) is 74.7 Å². The van der Waals surface area contributed by atoms with Crippen LogP contribution in [-0.2, 0) is 12.8 Å². The van der Waals surface area contributed by atoms with Gasteiger partial charge in [-0.05, 0) is 43.7 Å². The summed E-state index contributed by atoms with van der Waals surface area (Å²) in [6.07, 6.45) is 5.02. The first-order valence-corrected chi connectivity index (χ1v) is 7.07. The molecular formula is C15H22N4. The number of nitriles is 1. The van der Waals surface area contributed by atoms with E-state index in [2.05, 4.69) is 30.2 Å². The van der Waals surface area contributed by atoms with Crippen LogP contribution >= 0.6 is 0 Å². The molecule has 0 saturated heterocycles. The molecule has 2 rings (SSSR count). The molecule has 0 aliphatic heterocycles. The average molecular weight is 258 g/mol. The highest BCUT2D eigenvalue weighted by atomic mass is 15.0. The van der Waals surface area contributed by atoms with Crippen LogP contribution in [0.15, 0.2) is 6.07 Å². The zero-order valence-corrected chi connectivity index (χ0v) is 11.8. The van der Waals surface area contributed by atoms with Gasteiger partial charge in [0.15, 0.2) is 0 Å². The van der Waals surface area contributed by atoms with Crippen LogP contribution in [0, 0.1) is 11.3 Å². The second-order valence-electron chi connectivity index (χ2n) is 5.38. The number of nitrogens with zero attached hydrogens (tertiary/aromatic N) is 2. The molecule has 0 atom stereocenters. The van der Waals surface area contributed by atoms with Gasteiger partial charge in [0.05, 0.1) is 5.56 Å². The summed E-state index contributed by atoms with van der Waals surface area (Å²) in [6, 6.07) is 4.21. The molecule has 1 aromatic heterocycles. The largest absolute Gasteiger partial charge is 0.367 e. The SMILES string of the molecule is CCC(N)(CC)CNc1nc2c(cc1C#N)CCC2. The van der Waals surface area contributed by atoms with Crippen molar-refractivity contribution in [2.45, 2.75) is 51.5 Å². The van der Waals surface area contributed by atoms with E-state index in [-0.39, 0.29) is 5.54 Å². The zero-order valence-electron chi connectivity index (χ0n) is 11.8. The standard InChI is InChI=1S/C15H22N4/c1-3-15(17,4-2)10-18-14-12(9-16)8-11-6-5-7-13(11)19-14/h8H,3-7,10,17H2,1-2H3,(H,18,19). The third-order valence-corrected chi connectivity index (χ3v) is 4.19. The van der Waals surface area contributed by atoms with Gasteiger partial charge in [-0.15, -0.1) is 0 Å². The normalized spacial score (nSPS) is 14.0. The number of aryl methyl sites for hydroxylation is 2. The van der Waals surface area contributed by atoms with Gasteiger partial charge in [0, 0.05) is 17.8 Å². The van der Waals surface area contributed by atoms with Crippen molar-refractivity contribution < 1.29 is 0 Å². The van der Waals surface area contributed by atoms with Crippen molar-refractivity contribution in [3.8, 4) is 6.07 Å². The molecule has 3 N–H and O–H groups in total. The summed E-state index contributed by atoms with van der Waals surface area (Å²) in [6.45, 7) is 4.83. The molecular weight excluding hydrogens is 236 g/mol. The van der Waals surface area contributed by atoms with Crippen LogP contribution in [0.25, 0.3) is 0 Å². The summed E-state index contributed by atoms with van der Waals surface area (Å²) in [5.74, 6) is 0.694. The highest BCUT2D eigenvalue weighted by molar-refractivity contribution is 5.55. The summed E-state index contributed by atoms with van der Waals surface area (Å²) >= 11 is 0. The number of fused-ring (bicyclic) bond motifs is 1. The fourth-order valence-electron chi connectivity index (χ4n) is 2.45. The van der Waals surface area contributed by atoms with E-state index in [1.54, 1.807) is 0 Å². The van der Waals surface area contributed by atoms with E-state index in [0.29, 0.717) is 17.9 Å². The van der Waals surface area contributed by atoms with Crippen LogP contribution < -0.4 is 11.1 Å². The number of aromatic nitrogens is 1. The first-order valence-electron chi connectivity index (χ1n) is 7.07. The second-order valence-corrected chi connectivity index (χ2v) is 5.38. The van der Waals surface area contributed by atoms with E-state index < -0.39 is 0 Å². The predicted molar refractivity (Wildman–Crippen MR) is 77.0 cm³/mol. The molecule has 0 spiro atoms. The molecule has 1 aromatic rings. The fraction of sp³-hybridized carbons (Fsp3) is 0.600. The Morgan fingerprint density at radius 2 is 2.16 bits per heavy atom. The Balaban J connectivity index is 2.19. The first kappa shape index (κ1) is 13.8. The van der Waals surface area contributed by atoms with Gasteiger partial charge in [-0.25, -0.2) is 4.98 Å². The lowest BCUT2D eigenvalue weighted by atomic mass is 9.94. The first-order chi connectivity index (χ1) is 9.11. The zero-order chi connectivity index (χ0) is 13.9. The molecule has 1 aliphatic carbocycles. The minimum atomic E-state index is -0.229. The summed E-state index contributed by atoms with van der Waals surface area (Å²) < 4.78 is 0. The van der Waals surface area contributed by atoms with Crippen molar-refractivity contribution in [2.24, 2.45) is 5.73 Å². The smallest absolute Gasteiger partial charge is 0.144 e. The van der Waals surface area contributed by atoms with Gasteiger partial charge in [-0.3, -0.25) is 0 Å². The van der Waals surface area contributed by atoms with Gasteiger partial charge in [-0.2, -0.15) is 5.26 Å². The highest BCUT2D eigenvalue weighted by Gasteiger charge is 2.22. The average Bonchev–Trinajstić information content (AvgIpc) is 2.90. The fourth-order valence-corrected chi connectivity index (χ4v) is 2.45. The van der Waals surface area contributed by atoms with E-state index in [9.17, 15) is 5.26 Å². The molecule has 0 aromatic carbocycles. The van der Waals surface area contributed by atoms with E-state index in [4.69, 9.17) is 5.73 Å². The van der Waals surface area contributed by atoms with Crippen LogP contribution in [0.1, 0.15) is 49.9 Å². The molecule has 1 heterocycles. The number of hydrogen-bond acceptors (Lipinski definition) is 4. The molecule has 0 unspecified atom stereocenters. The number of nitrogens with two attached hydrogens (primary N) is 1. The number of rotatable bonds is 5. The van der Waals surface area contributed by atoms with Gasteiger partial charge < -0.3 is 11.1 Å². The van der Waals surface area contributed by atoms with Crippen molar-refractivity contribution in [1.82, 2.24) is 4.98 Å². The summed E-state index contributed by atoms with van der Waals surface area (Å²) in [5.41, 5.74) is 9.05. The number of nitrogens with one attached hydrogen (secondary N) is 1. The minimum absolute atomic E-state index is 0.229. The number of hydrogen-bond donors (Lipinski definition) is 2. The minimum Gasteiger partial charge on any atom is -0.367 e. The molecule has 4 nitrogen and oxygen atoms in total. The third-order valence-electron chi connectivity index (χ3n) is 4.19. The molecule has 0 saturated carbocycles. The van der Waals surface area contributed by atoms with Gasteiger partial charge in [0.2, 0.25) is 0 Å². The maximum Gasteiger partial charge on any atom is 0.144 e. The Kier molecular flexibility index (Phi) is 4.06. The Bertz CT molecular complexity index is 498. The molecule has 1 aliphatic rings. The summed E-state index contributed by atoms with van der Waals surface area (Å²) in [7, 11) is 0. The van der Waals surface area contributed by atoms with Crippen molar-refractivity contribution in [2.75, 3.05) is 11.9 Å². The van der Waals surface area contributed by atoms with E-state index >= 15 is 0 Å². The van der Waals surface area contributed by atoms with Crippen LogP contribution in [0.2, 0.25) is 0 Å². The van der Waals surface area contributed by atoms with Crippen LogP contribution in [0.3, 0.4) is 0 Å². The maximum atomic E-state index is 9.23. The summed E-state index contributed by atoms with van der Waals surface area (Å²) in [5, 5.41) is 12.5. The molecule has 0 amide bonds. The molecule has 0 radical (unpaired) electrons. The second kappa shape index (κ2) is 5.58. The van der Waals surface area contributed by atoms with Gasteiger partial charge in [0.25, 0.3) is 0 Å². The van der Waals surface area contributed by atoms with Crippen LogP contribution in [0.5, 0.6) is 0 Å². The van der Waals surface area contributed by atoms with E-state index in [1.807, 2.05) is 6.07 Å². The van der Waals surface area contributed by atoms with Crippen molar-refractivity contribution >= 4 is 5.82 Å². The van der Waals surface area contributed by atoms with Gasteiger partial charge in [-0.1, -0.05) is 13.8 Å². The molecule has 19 heavy (non-hydrogen) atoms. The lowest BCUT2D eigenvalue weighted by molar-refractivity contribution is 0.418. The van der Waals surface area contributed by atoms with Crippen molar-refractivity contribution in [1.29, 1.82) is 5.26 Å². The van der Waals surface area contributed by atoms with E-state index in [0.717, 1.165) is 37.8 Å². The van der Waals surface area contributed by atoms with Crippen LogP contribution in [0.4, 0.5) is 5.82 Å². The lowest BCUT2D eigenvalue weighted by Gasteiger charge is -2.27. The van der Waals surface area contributed by atoms with Crippen molar-refractivity contribution in [3.05, 3.63) is 22.9 Å². The Morgan fingerprint density at radius 1 is 1.42 bits per heavy atom. The molecule has 102 valence electrons. The highest BCUT2D eigenvalue weighted by Crippen LogP contribution is 2.25. The molecule has 0 bridgehead atoms. The number of pyridine rings is 1. The molecule has 4 heteroatoms. The van der Waals surface area contributed by atoms with Crippen LogP contribution in [-0.4, -0.2) is 17.1 Å². The Morgan fingerprint density at radius 3 is 2.79 bits per heavy atom. The monoisotopic (exact) mass is 258 g/mol. The summed E-state index contributed by atoms with van der Waals surface area (Å²) in [4.78, 5) is 4.61. The van der Waals surface area contributed by atoms with Gasteiger partial charge in [0.1, 0.15) is 11.9 Å². The van der Waals surface area contributed by atoms with Crippen molar-refractivity contribution in [3.63, 3.8) is 0 Å². The maximum absolute atomic E-state index is 9.23. The predicted octanol–water partition coefficient (Wildman–Crippen LogP) is 2.37. The molecule has 0 fully saturated rings. The number of anilines is 1. The lowest BCUT2D eigenvalue weighted by Crippen LogP contribution is -2.45. The Hall–Kier alpha value is -1.60. The quantitative estimate of drug-likeness (QED) is 0.850. The van der Waals surface area contributed by atoms with Gasteiger partial charge >= 0.3 is 0 Å². The Labute approximate surface area is 115 Å². The van der Waals surface area contributed by atoms with E-state index in [1.165, 1.54) is 5.56 Å². The third kappa shape index (κ3) is 2.87.